The molecule has 3 aromatic rings. The molecular weight excluding hydrogens is 302 g/mol. The van der Waals surface area contributed by atoms with Crippen LogP contribution in [-0.4, -0.2) is 38.8 Å². The Morgan fingerprint density at radius 3 is 3.12 bits per heavy atom. The van der Waals surface area contributed by atoms with Gasteiger partial charge in [0.05, 0.1) is 17.8 Å². The maximum atomic E-state index is 12.1. The first kappa shape index (κ1) is 14.6. The van der Waals surface area contributed by atoms with Crippen LogP contribution in [0.2, 0.25) is 0 Å². The molecule has 3 aromatic heterocycles. The lowest BCUT2D eigenvalue weighted by molar-refractivity contribution is -0.129. The molecule has 0 aliphatic carbocycles. The van der Waals surface area contributed by atoms with Crippen molar-refractivity contribution in [2.45, 2.75) is 19.3 Å². The standard InChI is InChI=1S/C18H17N5O/c1-11-9-23(16(24)2-5-19)10-14(11)12-3-6-20-15-8-22-18-13(17(12)15)4-7-21-18/h3-4,6-8,11,14H,2,9-10H2,1H3,(H,21,22). The molecule has 0 saturated carbocycles. The van der Waals surface area contributed by atoms with E-state index in [0.29, 0.717) is 19.0 Å². The van der Waals surface area contributed by atoms with E-state index in [1.165, 1.54) is 5.56 Å². The van der Waals surface area contributed by atoms with Crippen molar-refractivity contribution < 1.29 is 4.79 Å². The molecular formula is C18H17N5O. The summed E-state index contributed by atoms with van der Waals surface area (Å²) >= 11 is 0. The molecule has 120 valence electrons. The number of nitriles is 1. The van der Waals surface area contributed by atoms with E-state index in [1.807, 2.05) is 30.6 Å². The highest BCUT2D eigenvalue weighted by Crippen LogP contribution is 2.37. The van der Waals surface area contributed by atoms with E-state index in [4.69, 9.17) is 5.26 Å². The van der Waals surface area contributed by atoms with Gasteiger partial charge < -0.3 is 9.88 Å². The van der Waals surface area contributed by atoms with Crippen LogP contribution in [0.1, 0.15) is 24.8 Å². The van der Waals surface area contributed by atoms with Crippen molar-refractivity contribution in [1.29, 1.82) is 5.26 Å². The van der Waals surface area contributed by atoms with Crippen molar-refractivity contribution in [3.05, 3.63) is 36.3 Å². The van der Waals surface area contributed by atoms with Gasteiger partial charge in [0.2, 0.25) is 5.91 Å². The second-order valence-electron chi connectivity index (χ2n) is 6.38. The highest BCUT2D eigenvalue weighted by Gasteiger charge is 2.34. The summed E-state index contributed by atoms with van der Waals surface area (Å²) in [5, 5.41) is 10.9. The summed E-state index contributed by atoms with van der Waals surface area (Å²) in [6.45, 7) is 3.50. The van der Waals surface area contributed by atoms with Gasteiger partial charge in [-0.15, -0.1) is 0 Å². The molecule has 4 rings (SSSR count). The van der Waals surface area contributed by atoms with Gasteiger partial charge in [-0.3, -0.25) is 9.78 Å². The van der Waals surface area contributed by atoms with E-state index in [1.54, 1.807) is 11.1 Å². The number of amides is 1. The molecule has 6 nitrogen and oxygen atoms in total. The van der Waals surface area contributed by atoms with E-state index in [-0.39, 0.29) is 18.2 Å². The van der Waals surface area contributed by atoms with Crippen LogP contribution in [0.5, 0.6) is 0 Å². The average molecular weight is 319 g/mol. The Hall–Kier alpha value is -2.94. The summed E-state index contributed by atoms with van der Waals surface area (Å²) in [6, 6.07) is 6.02. The molecule has 4 heterocycles. The number of hydrogen-bond donors (Lipinski definition) is 1. The largest absolute Gasteiger partial charge is 0.346 e. The number of carbonyl (C=O) groups is 1. The molecule has 0 aromatic carbocycles. The Bertz CT molecular complexity index is 970. The molecule has 0 radical (unpaired) electrons. The van der Waals surface area contributed by atoms with Gasteiger partial charge in [-0.05, 0) is 23.6 Å². The highest BCUT2D eigenvalue weighted by atomic mass is 16.2. The number of fused-ring (bicyclic) bond motifs is 3. The van der Waals surface area contributed by atoms with E-state index in [9.17, 15) is 4.79 Å². The number of H-pyrrole nitrogens is 1. The minimum Gasteiger partial charge on any atom is -0.346 e. The van der Waals surface area contributed by atoms with Crippen LogP contribution in [0.3, 0.4) is 0 Å². The fourth-order valence-electron chi connectivity index (χ4n) is 3.74. The molecule has 1 aliphatic heterocycles. The van der Waals surface area contributed by atoms with Gasteiger partial charge in [0.15, 0.2) is 0 Å². The summed E-state index contributed by atoms with van der Waals surface area (Å²) < 4.78 is 0. The lowest BCUT2D eigenvalue weighted by atomic mass is 9.88. The third kappa shape index (κ3) is 2.21. The first-order valence-corrected chi connectivity index (χ1v) is 8.04. The van der Waals surface area contributed by atoms with Gasteiger partial charge in [0.25, 0.3) is 0 Å². The number of nitrogens with one attached hydrogen (secondary N) is 1. The smallest absolute Gasteiger partial charge is 0.236 e. The lowest BCUT2D eigenvalue weighted by Crippen LogP contribution is -2.28. The van der Waals surface area contributed by atoms with Crippen LogP contribution in [0.4, 0.5) is 0 Å². The fourth-order valence-corrected chi connectivity index (χ4v) is 3.74. The summed E-state index contributed by atoms with van der Waals surface area (Å²) in [5.41, 5.74) is 2.92. The van der Waals surface area contributed by atoms with Gasteiger partial charge in [0, 0.05) is 42.2 Å². The molecule has 2 atom stereocenters. The summed E-state index contributed by atoms with van der Waals surface area (Å²) in [5.74, 6) is 0.484. The van der Waals surface area contributed by atoms with Crippen molar-refractivity contribution in [2.75, 3.05) is 13.1 Å². The topological polar surface area (TPSA) is 85.7 Å². The highest BCUT2D eigenvalue weighted by molar-refractivity contribution is 6.05. The molecule has 24 heavy (non-hydrogen) atoms. The van der Waals surface area contributed by atoms with Crippen molar-refractivity contribution in [3.63, 3.8) is 0 Å². The van der Waals surface area contributed by atoms with Crippen LogP contribution in [-0.2, 0) is 4.79 Å². The second kappa shape index (κ2) is 5.60. The van der Waals surface area contributed by atoms with Gasteiger partial charge in [0.1, 0.15) is 12.1 Å². The first-order valence-electron chi connectivity index (χ1n) is 8.04. The monoisotopic (exact) mass is 319 g/mol. The zero-order valence-electron chi connectivity index (χ0n) is 13.4. The predicted octanol–water partition coefficient (Wildman–Crippen LogP) is 2.59. The quantitative estimate of drug-likeness (QED) is 0.786. The molecule has 1 fully saturated rings. The van der Waals surface area contributed by atoms with Crippen LogP contribution in [0.25, 0.3) is 21.9 Å². The molecule has 1 aliphatic rings. The Kier molecular flexibility index (Phi) is 3.42. The summed E-state index contributed by atoms with van der Waals surface area (Å²) in [7, 11) is 0. The van der Waals surface area contributed by atoms with Gasteiger partial charge in [-0.2, -0.15) is 5.26 Å². The van der Waals surface area contributed by atoms with Crippen LogP contribution < -0.4 is 0 Å². The molecule has 1 amide bonds. The number of hydrogen-bond acceptors (Lipinski definition) is 4. The maximum Gasteiger partial charge on any atom is 0.236 e. The fraction of sp³-hybridized carbons (Fsp3) is 0.333. The zero-order valence-corrected chi connectivity index (χ0v) is 13.4. The number of rotatable bonds is 2. The van der Waals surface area contributed by atoms with E-state index < -0.39 is 0 Å². The zero-order chi connectivity index (χ0) is 16.7. The van der Waals surface area contributed by atoms with Crippen LogP contribution >= 0.6 is 0 Å². The minimum absolute atomic E-state index is 0.0531. The van der Waals surface area contributed by atoms with Crippen LogP contribution in [0, 0.1) is 17.2 Å². The molecule has 0 bridgehead atoms. The van der Waals surface area contributed by atoms with Gasteiger partial charge in [-0.1, -0.05) is 6.92 Å². The number of aromatic nitrogens is 3. The van der Waals surface area contributed by atoms with E-state index in [0.717, 1.165) is 21.9 Å². The third-order valence-corrected chi connectivity index (χ3v) is 4.92. The third-order valence-electron chi connectivity index (χ3n) is 4.92. The number of pyridine rings is 2. The number of aromatic amines is 1. The molecule has 1 saturated heterocycles. The van der Waals surface area contributed by atoms with E-state index >= 15 is 0 Å². The van der Waals surface area contributed by atoms with Gasteiger partial charge >= 0.3 is 0 Å². The van der Waals surface area contributed by atoms with Crippen molar-refractivity contribution in [1.82, 2.24) is 19.9 Å². The Balaban J connectivity index is 1.81. The second-order valence-corrected chi connectivity index (χ2v) is 6.38. The summed E-state index contributed by atoms with van der Waals surface area (Å²) in [4.78, 5) is 25.9. The first-order chi connectivity index (χ1) is 11.7. The number of nitrogens with zero attached hydrogens (tertiary/aromatic N) is 4. The van der Waals surface area contributed by atoms with Gasteiger partial charge in [-0.25, -0.2) is 4.98 Å². The molecule has 2 unspecified atom stereocenters. The van der Waals surface area contributed by atoms with Crippen molar-refractivity contribution in [2.24, 2.45) is 5.92 Å². The maximum absolute atomic E-state index is 12.1. The molecule has 1 N–H and O–H groups in total. The number of carbonyl (C=O) groups excluding carboxylic acids is 1. The summed E-state index contributed by atoms with van der Waals surface area (Å²) in [6.07, 6.45) is 5.43. The number of likely N-dealkylation sites (tertiary alicyclic amines) is 1. The normalized spacial score (nSPS) is 20.6. The predicted molar refractivity (Wildman–Crippen MR) is 90.1 cm³/mol. The van der Waals surface area contributed by atoms with Crippen molar-refractivity contribution >= 4 is 27.8 Å². The molecule has 0 spiro atoms. The van der Waals surface area contributed by atoms with Crippen molar-refractivity contribution in [3.8, 4) is 6.07 Å². The average Bonchev–Trinajstić information content (AvgIpc) is 3.20. The molecule has 6 heteroatoms. The minimum atomic E-state index is -0.0846. The Morgan fingerprint density at radius 1 is 1.42 bits per heavy atom. The lowest BCUT2D eigenvalue weighted by Gasteiger charge is -2.17. The SMILES string of the molecule is CC1CN(C(=O)CC#N)CC1c1ccnc2cnc3[nH]ccc3c12. The Morgan fingerprint density at radius 2 is 2.29 bits per heavy atom. The van der Waals surface area contributed by atoms with E-state index in [2.05, 4.69) is 21.9 Å². The Labute approximate surface area is 139 Å². The van der Waals surface area contributed by atoms with Crippen LogP contribution in [0.15, 0.2) is 30.7 Å².